The van der Waals surface area contributed by atoms with E-state index in [4.69, 9.17) is 4.98 Å². The first-order valence-electron chi connectivity index (χ1n) is 8.32. The van der Waals surface area contributed by atoms with Gasteiger partial charge >= 0.3 is 0 Å². The summed E-state index contributed by atoms with van der Waals surface area (Å²) in [5, 5.41) is 0. The van der Waals surface area contributed by atoms with E-state index >= 15 is 0 Å². The Labute approximate surface area is 141 Å². The number of nitrogens with zero attached hydrogens (tertiary/aromatic N) is 1. The molecule has 1 nitrogen and oxygen atoms in total. The van der Waals surface area contributed by atoms with Crippen LogP contribution in [0.1, 0.15) is 66.9 Å². The highest BCUT2D eigenvalue weighted by molar-refractivity contribution is 5.62. The van der Waals surface area contributed by atoms with Crippen molar-refractivity contribution in [2.75, 3.05) is 0 Å². The zero-order chi connectivity index (χ0) is 17.4. The van der Waals surface area contributed by atoms with Gasteiger partial charge in [-0.3, -0.25) is 4.98 Å². The van der Waals surface area contributed by atoms with E-state index in [9.17, 15) is 0 Å². The molecule has 1 heterocycles. The summed E-state index contributed by atoms with van der Waals surface area (Å²) < 4.78 is 0. The zero-order valence-electron chi connectivity index (χ0n) is 15.7. The van der Waals surface area contributed by atoms with Crippen LogP contribution in [0.4, 0.5) is 0 Å². The van der Waals surface area contributed by atoms with Crippen molar-refractivity contribution in [3.63, 3.8) is 0 Å². The summed E-state index contributed by atoms with van der Waals surface area (Å²) in [5.41, 5.74) is 9.97. The molecule has 2 rings (SSSR count). The molecular formula is C22H29N. The van der Waals surface area contributed by atoms with Crippen molar-refractivity contribution in [1.82, 2.24) is 4.98 Å². The molecule has 0 fully saturated rings. The Balaban J connectivity index is 2.51. The zero-order valence-corrected chi connectivity index (χ0v) is 15.7. The molecule has 0 N–H and O–H groups in total. The SMILES string of the molecule is C=C(C)c1nc(C(C)(C)C)ccc1Cc1c(C)cc(C)cc1C. The first-order chi connectivity index (χ1) is 10.6. The molecule has 0 aliphatic rings. The van der Waals surface area contributed by atoms with Crippen LogP contribution in [0.3, 0.4) is 0 Å². The smallest absolute Gasteiger partial charge is 0.0691 e. The van der Waals surface area contributed by atoms with Gasteiger partial charge in [0, 0.05) is 17.5 Å². The fraction of sp³-hybridized carbons (Fsp3) is 0.409. The Hall–Kier alpha value is -1.89. The molecule has 0 atom stereocenters. The first-order valence-corrected chi connectivity index (χ1v) is 8.32. The molecule has 23 heavy (non-hydrogen) atoms. The topological polar surface area (TPSA) is 12.9 Å². The standard InChI is InChI=1S/C22H29N/c1-14(2)21-18(9-10-20(23-21)22(6,7)8)13-19-16(4)11-15(3)12-17(19)5/h9-12H,1,13H2,2-8H3. The largest absolute Gasteiger partial charge is 0.252 e. The van der Waals surface area contributed by atoms with Gasteiger partial charge in [-0.05, 0) is 61.6 Å². The van der Waals surface area contributed by atoms with Gasteiger partial charge in [0.15, 0.2) is 0 Å². The number of benzene rings is 1. The van der Waals surface area contributed by atoms with E-state index < -0.39 is 0 Å². The Morgan fingerprint density at radius 3 is 2.09 bits per heavy atom. The van der Waals surface area contributed by atoms with E-state index in [1.54, 1.807) is 0 Å². The van der Waals surface area contributed by atoms with Crippen LogP contribution in [0.5, 0.6) is 0 Å². The maximum atomic E-state index is 4.92. The van der Waals surface area contributed by atoms with Crippen molar-refractivity contribution in [1.29, 1.82) is 0 Å². The predicted molar refractivity (Wildman–Crippen MR) is 101 cm³/mol. The summed E-state index contributed by atoms with van der Waals surface area (Å²) >= 11 is 0. The minimum Gasteiger partial charge on any atom is -0.252 e. The van der Waals surface area contributed by atoms with Crippen molar-refractivity contribution >= 4 is 5.57 Å². The summed E-state index contributed by atoms with van der Waals surface area (Å²) in [5.74, 6) is 0. The molecule has 122 valence electrons. The van der Waals surface area contributed by atoms with Crippen LogP contribution in [-0.2, 0) is 11.8 Å². The molecule has 0 spiro atoms. The number of hydrogen-bond acceptors (Lipinski definition) is 1. The van der Waals surface area contributed by atoms with Crippen molar-refractivity contribution in [3.05, 3.63) is 70.0 Å². The summed E-state index contributed by atoms with van der Waals surface area (Å²) in [6.07, 6.45) is 0.914. The lowest BCUT2D eigenvalue weighted by atomic mass is 9.88. The van der Waals surface area contributed by atoms with Crippen LogP contribution >= 0.6 is 0 Å². The van der Waals surface area contributed by atoms with Crippen molar-refractivity contribution in [3.8, 4) is 0 Å². The number of pyridine rings is 1. The molecule has 1 aromatic carbocycles. The van der Waals surface area contributed by atoms with E-state index in [0.717, 1.165) is 23.4 Å². The van der Waals surface area contributed by atoms with Crippen LogP contribution in [-0.4, -0.2) is 4.98 Å². The third kappa shape index (κ3) is 3.90. The van der Waals surface area contributed by atoms with Crippen LogP contribution in [0.15, 0.2) is 30.8 Å². The summed E-state index contributed by atoms with van der Waals surface area (Å²) in [4.78, 5) is 4.92. The molecule has 1 heteroatoms. The number of aromatic nitrogens is 1. The minimum absolute atomic E-state index is 0.0540. The third-order valence-corrected chi connectivity index (χ3v) is 4.36. The monoisotopic (exact) mass is 307 g/mol. The molecule has 0 saturated carbocycles. The minimum atomic E-state index is 0.0540. The summed E-state index contributed by atoms with van der Waals surface area (Å²) in [7, 11) is 0. The van der Waals surface area contributed by atoms with Gasteiger partial charge in [0.2, 0.25) is 0 Å². The molecule has 0 amide bonds. The molecule has 1 aromatic heterocycles. The Kier molecular flexibility index (Phi) is 4.79. The van der Waals surface area contributed by atoms with Gasteiger partial charge in [-0.15, -0.1) is 0 Å². The highest BCUT2D eigenvalue weighted by Gasteiger charge is 2.18. The fourth-order valence-electron chi connectivity index (χ4n) is 3.10. The second kappa shape index (κ2) is 6.31. The first kappa shape index (κ1) is 17.5. The number of aryl methyl sites for hydroxylation is 3. The maximum Gasteiger partial charge on any atom is 0.0691 e. The van der Waals surface area contributed by atoms with E-state index in [-0.39, 0.29) is 5.41 Å². The highest BCUT2D eigenvalue weighted by atomic mass is 14.7. The van der Waals surface area contributed by atoms with Gasteiger partial charge in [0.25, 0.3) is 0 Å². The van der Waals surface area contributed by atoms with Gasteiger partial charge in [0.05, 0.1) is 5.69 Å². The number of rotatable bonds is 3. The second-order valence-corrected chi connectivity index (χ2v) is 7.79. The number of hydrogen-bond donors (Lipinski definition) is 0. The van der Waals surface area contributed by atoms with E-state index in [2.05, 4.69) is 72.4 Å². The predicted octanol–water partition coefficient (Wildman–Crippen LogP) is 5.93. The third-order valence-electron chi connectivity index (χ3n) is 4.36. The Morgan fingerprint density at radius 2 is 1.61 bits per heavy atom. The van der Waals surface area contributed by atoms with Gasteiger partial charge in [-0.2, -0.15) is 0 Å². The lowest BCUT2D eigenvalue weighted by Gasteiger charge is -2.21. The normalized spacial score (nSPS) is 11.6. The molecule has 0 bridgehead atoms. The summed E-state index contributed by atoms with van der Waals surface area (Å²) in [6.45, 7) is 19.4. The van der Waals surface area contributed by atoms with Crippen molar-refractivity contribution in [2.45, 2.75) is 60.3 Å². The van der Waals surface area contributed by atoms with Crippen LogP contribution in [0, 0.1) is 20.8 Å². The van der Waals surface area contributed by atoms with Gasteiger partial charge in [0.1, 0.15) is 0 Å². The molecular weight excluding hydrogens is 278 g/mol. The molecule has 0 unspecified atom stereocenters. The second-order valence-electron chi connectivity index (χ2n) is 7.79. The van der Waals surface area contributed by atoms with Crippen LogP contribution in [0.25, 0.3) is 5.57 Å². The van der Waals surface area contributed by atoms with Gasteiger partial charge in [-0.1, -0.05) is 51.1 Å². The van der Waals surface area contributed by atoms with Gasteiger partial charge < -0.3 is 0 Å². The average Bonchev–Trinajstić information content (AvgIpc) is 2.41. The van der Waals surface area contributed by atoms with Gasteiger partial charge in [-0.25, -0.2) is 0 Å². The molecule has 0 saturated heterocycles. The summed E-state index contributed by atoms with van der Waals surface area (Å²) in [6, 6.07) is 8.93. The van der Waals surface area contributed by atoms with Crippen LogP contribution < -0.4 is 0 Å². The van der Waals surface area contributed by atoms with E-state index in [0.29, 0.717) is 0 Å². The lowest BCUT2D eigenvalue weighted by Crippen LogP contribution is -2.15. The molecule has 0 aliphatic carbocycles. The molecule has 2 aromatic rings. The molecule has 0 radical (unpaired) electrons. The average molecular weight is 307 g/mol. The highest BCUT2D eigenvalue weighted by Crippen LogP contribution is 2.27. The van der Waals surface area contributed by atoms with Crippen molar-refractivity contribution < 1.29 is 0 Å². The van der Waals surface area contributed by atoms with Crippen LogP contribution in [0.2, 0.25) is 0 Å². The maximum absolute atomic E-state index is 4.92. The molecule has 0 aliphatic heterocycles. The quantitative estimate of drug-likeness (QED) is 0.685. The van der Waals surface area contributed by atoms with Crippen molar-refractivity contribution in [2.24, 2.45) is 0 Å². The Bertz CT molecular complexity index is 722. The Morgan fingerprint density at radius 1 is 1.04 bits per heavy atom. The fourth-order valence-corrected chi connectivity index (χ4v) is 3.10. The van der Waals surface area contributed by atoms with E-state index in [1.165, 1.54) is 27.8 Å². The van der Waals surface area contributed by atoms with E-state index in [1.807, 2.05) is 6.92 Å². The number of allylic oxidation sites excluding steroid dienone is 1. The lowest BCUT2D eigenvalue weighted by molar-refractivity contribution is 0.567.